The number of aliphatic hydroxyl groups is 1. The van der Waals surface area contributed by atoms with E-state index in [1.54, 1.807) is 0 Å². The molecule has 1 rings (SSSR count). The Hall–Kier alpha value is -1.13. The van der Waals surface area contributed by atoms with Gasteiger partial charge in [0.1, 0.15) is 0 Å². The van der Waals surface area contributed by atoms with Crippen LogP contribution in [0.2, 0.25) is 0 Å². The Bertz CT molecular complexity index is 405. The van der Waals surface area contributed by atoms with Crippen LogP contribution in [0.4, 0.5) is 5.69 Å². The van der Waals surface area contributed by atoms with Gasteiger partial charge in [0, 0.05) is 5.69 Å². The molecule has 0 radical (unpaired) electrons. The van der Waals surface area contributed by atoms with E-state index in [1.165, 1.54) is 16.7 Å². The molecule has 0 bridgehead atoms. The van der Waals surface area contributed by atoms with Gasteiger partial charge in [0.15, 0.2) is 5.11 Å². The van der Waals surface area contributed by atoms with Crippen LogP contribution < -0.4 is 10.6 Å². The minimum Gasteiger partial charge on any atom is -0.394 e. The number of aliphatic hydroxyl groups excluding tert-OH is 1. The lowest BCUT2D eigenvalue weighted by Gasteiger charge is -2.19. The fraction of sp³-hybridized carbons (Fsp3) is 0.500. The van der Waals surface area contributed by atoms with Crippen molar-refractivity contribution in [2.45, 2.75) is 40.2 Å². The zero-order valence-corrected chi connectivity index (χ0v) is 12.3. The van der Waals surface area contributed by atoms with Crippen molar-refractivity contribution in [2.75, 3.05) is 11.9 Å². The second kappa shape index (κ2) is 6.71. The number of nitrogens with one attached hydrogen (secondary N) is 2. The molecule has 1 unspecified atom stereocenters. The summed E-state index contributed by atoms with van der Waals surface area (Å²) in [5.74, 6) is 0. The van der Waals surface area contributed by atoms with Crippen LogP contribution in [0.25, 0.3) is 0 Å². The van der Waals surface area contributed by atoms with Crippen molar-refractivity contribution in [2.24, 2.45) is 0 Å². The van der Waals surface area contributed by atoms with Gasteiger partial charge in [-0.25, -0.2) is 0 Å². The first-order chi connectivity index (χ1) is 8.47. The highest BCUT2D eigenvalue weighted by atomic mass is 32.1. The van der Waals surface area contributed by atoms with Crippen LogP contribution in [0.15, 0.2) is 12.1 Å². The van der Waals surface area contributed by atoms with Gasteiger partial charge in [-0.15, -0.1) is 0 Å². The topological polar surface area (TPSA) is 44.3 Å². The molecule has 0 heterocycles. The third-order valence-corrected chi connectivity index (χ3v) is 3.18. The molecule has 0 aromatic heterocycles. The van der Waals surface area contributed by atoms with E-state index in [1.807, 2.05) is 6.92 Å². The molecule has 1 atom stereocenters. The minimum absolute atomic E-state index is 0.0102. The molecule has 0 fully saturated rings. The van der Waals surface area contributed by atoms with Crippen LogP contribution >= 0.6 is 12.2 Å². The van der Waals surface area contributed by atoms with Gasteiger partial charge in [-0.3, -0.25) is 0 Å². The van der Waals surface area contributed by atoms with E-state index >= 15 is 0 Å². The van der Waals surface area contributed by atoms with Crippen LogP contribution in [0.5, 0.6) is 0 Å². The predicted octanol–water partition coefficient (Wildman–Crippen LogP) is 2.67. The predicted molar refractivity (Wildman–Crippen MR) is 81.2 cm³/mol. The highest BCUT2D eigenvalue weighted by Gasteiger charge is 2.09. The molecule has 0 aliphatic rings. The van der Waals surface area contributed by atoms with Crippen molar-refractivity contribution in [3.63, 3.8) is 0 Å². The van der Waals surface area contributed by atoms with Gasteiger partial charge in [0.25, 0.3) is 0 Å². The van der Waals surface area contributed by atoms with Crippen molar-refractivity contribution < 1.29 is 5.11 Å². The summed E-state index contributed by atoms with van der Waals surface area (Å²) in [5.41, 5.74) is 4.64. The molecule has 3 nitrogen and oxygen atoms in total. The largest absolute Gasteiger partial charge is 0.394 e. The van der Waals surface area contributed by atoms with Gasteiger partial charge in [0.2, 0.25) is 0 Å². The summed E-state index contributed by atoms with van der Waals surface area (Å²) in [7, 11) is 0. The molecule has 0 saturated heterocycles. The van der Waals surface area contributed by atoms with Crippen molar-refractivity contribution in [1.82, 2.24) is 5.32 Å². The average Bonchev–Trinajstić information content (AvgIpc) is 2.30. The summed E-state index contributed by atoms with van der Waals surface area (Å²) in [4.78, 5) is 0. The zero-order valence-electron chi connectivity index (χ0n) is 11.5. The third kappa shape index (κ3) is 3.96. The molecule has 3 N–H and O–H groups in total. The lowest BCUT2D eigenvalue weighted by atomic mass is 10.1. The molecule has 0 saturated carbocycles. The molecule has 0 spiro atoms. The molecular weight excluding hydrogens is 244 g/mol. The molecular formula is C14H22N2OS. The molecule has 100 valence electrons. The maximum absolute atomic E-state index is 9.14. The number of hydrogen-bond acceptors (Lipinski definition) is 2. The quantitative estimate of drug-likeness (QED) is 0.733. The van der Waals surface area contributed by atoms with E-state index in [4.69, 9.17) is 17.3 Å². The summed E-state index contributed by atoms with van der Waals surface area (Å²) in [5, 5.41) is 16.0. The second-order valence-electron chi connectivity index (χ2n) is 4.66. The van der Waals surface area contributed by atoms with Crippen LogP contribution in [-0.4, -0.2) is 22.9 Å². The smallest absolute Gasteiger partial charge is 0.171 e. The molecule has 0 amide bonds. The molecule has 18 heavy (non-hydrogen) atoms. The highest BCUT2D eigenvalue weighted by molar-refractivity contribution is 7.80. The molecule has 1 aromatic rings. The van der Waals surface area contributed by atoms with Gasteiger partial charge < -0.3 is 15.7 Å². The SMILES string of the molecule is CCC(CO)NC(=S)Nc1c(C)cc(C)cc1C. The van der Waals surface area contributed by atoms with Crippen molar-refractivity contribution >= 4 is 23.0 Å². The lowest BCUT2D eigenvalue weighted by molar-refractivity contribution is 0.253. The van der Waals surface area contributed by atoms with Crippen LogP contribution in [0.3, 0.4) is 0 Å². The average molecular weight is 266 g/mol. The van der Waals surface area contributed by atoms with Crippen molar-refractivity contribution in [1.29, 1.82) is 0 Å². The molecule has 1 aromatic carbocycles. The number of thiocarbonyl (C=S) groups is 1. The third-order valence-electron chi connectivity index (χ3n) is 2.96. The molecule has 4 heteroatoms. The van der Waals surface area contributed by atoms with Gasteiger partial charge in [-0.05, 0) is 50.5 Å². The number of hydrogen-bond donors (Lipinski definition) is 3. The number of benzene rings is 1. The minimum atomic E-state index is 0.0102. The normalized spacial score (nSPS) is 12.1. The first-order valence-electron chi connectivity index (χ1n) is 6.24. The summed E-state index contributed by atoms with van der Waals surface area (Å²) >= 11 is 5.26. The summed E-state index contributed by atoms with van der Waals surface area (Å²) in [6, 6.07) is 4.26. The van der Waals surface area contributed by atoms with Crippen molar-refractivity contribution in [3.05, 3.63) is 28.8 Å². The summed E-state index contributed by atoms with van der Waals surface area (Å²) in [6.45, 7) is 8.31. The summed E-state index contributed by atoms with van der Waals surface area (Å²) < 4.78 is 0. The standard InChI is InChI=1S/C14H22N2OS/c1-5-12(8-17)15-14(18)16-13-10(3)6-9(2)7-11(13)4/h6-7,12,17H,5,8H2,1-4H3,(H2,15,16,18). The fourth-order valence-corrected chi connectivity index (χ4v) is 2.26. The Morgan fingerprint density at radius 2 is 1.83 bits per heavy atom. The Kier molecular flexibility index (Phi) is 5.56. The van der Waals surface area contributed by atoms with E-state index in [-0.39, 0.29) is 12.6 Å². The van der Waals surface area contributed by atoms with Gasteiger partial charge in [-0.1, -0.05) is 24.6 Å². The number of aryl methyl sites for hydroxylation is 3. The van der Waals surface area contributed by atoms with Crippen LogP contribution in [0.1, 0.15) is 30.0 Å². The maximum Gasteiger partial charge on any atom is 0.171 e. The highest BCUT2D eigenvalue weighted by Crippen LogP contribution is 2.21. The zero-order chi connectivity index (χ0) is 13.7. The second-order valence-corrected chi connectivity index (χ2v) is 5.07. The monoisotopic (exact) mass is 266 g/mol. The van der Waals surface area contributed by atoms with Gasteiger partial charge >= 0.3 is 0 Å². The Labute approximate surface area is 115 Å². The number of anilines is 1. The van der Waals surface area contributed by atoms with E-state index < -0.39 is 0 Å². The Morgan fingerprint density at radius 1 is 1.28 bits per heavy atom. The molecule has 0 aliphatic heterocycles. The van der Waals surface area contributed by atoms with Gasteiger partial charge in [-0.2, -0.15) is 0 Å². The summed E-state index contributed by atoms with van der Waals surface area (Å²) in [6.07, 6.45) is 0.837. The molecule has 0 aliphatic carbocycles. The Balaban J connectivity index is 2.76. The van der Waals surface area contributed by atoms with E-state index in [9.17, 15) is 0 Å². The van der Waals surface area contributed by atoms with E-state index in [0.717, 1.165) is 12.1 Å². The van der Waals surface area contributed by atoms with Crippen LogP contribution in [0, 0.1) is 20.8 Å². The van der Waals surface area contributed by atoms with E-state index in [2.05, 4.69) is 43.5 Å². The van der Waals surface area contributed by atoms with E-state index in [0.29, 0.717) is 5.11 Å². The maximum atomic E-state index is 9.14. The van der Waals surface area contributed by atoms with Gasteiger partial charge in [0.05, 0.1) is 12.6 Å². The van der Waals surface area contributed by atoms with Crippen molar-refractivity contribution in [3.8, 4) is 0 Å². The number of rotatable bonds is 4. The first kappa shape index (κ1) is 14.9. The fourth-order valence-electron chi connectivity index (χ4n) is 1.99. The Morgan fingerprint density at radius 3 is 2.28 bits per heavy atom. The van der Waals surface area contributed by atoms with Crippen LogP contribution in [-0.2, 0) is 0 Å². The first-order valence-corrected chi connectivity index (χ1v) is 6.65. The lowest BCUT2D eigenvalue weighted by Crippen LogP contribution is -2.39.